The zero-order chi connectivity index (χ0) is 23.7. The number of carbonyl (C=O) groups excluding carboxylic acids is 1. The largest absolute Gasteiger partial charge is 0.344 e. The third-order valence-corrected chi connectivity index (χ3v) is 7.94. The molecule has 0 saturated carbocycles. The van der Waals surface area contributed by atoms with Gasteiger partial charge in [-0.1, -0.05) is 11.3 Å². The first kappa shape index (κ1) is 22.2. The topological polar surface area (TPSA) is 95.5 Å². The zero-order valence-corrected chi connectivity index (χ0v) is 19.5. The summed E-state index contributed by atoms with van der Waals surface area (Å²) in [6.45, 7) is 2.38. The molecule has 2 aromatic heterocycles. The highest BCUT2D eigenvalue weighted by molar-refractivity contribution is 7.92. The van der Waals surface area contributed by atoms with Gasteiger partial charge in [0.15, 0.2) is 5.13 Å². The molecule has 174 valence electrons. The summed E-state index contributed by atoms with van der Waals surface area (Å²) in [5.41, 5.74) is 1.53. The number of benzene rings is 2. The van der Waals surface area contributed by atoms with Crippen LogP contribution in [0.4, 0.5) is 15.2 Å². The molecule has 2 aromatic carbocycles. The van der Waals surface area contributed by atoms with E-state index in [9.17, 15) is 17.6 Å². The molecule has 1 aliphatic heterocycles. The van der Waals surface area contributed by atoms with Gasteiger partial charge >= 0.3 is 0 Å². The van der Waals surface area contributed by atoms with Gasteiger partial charge in [0.25, 0.3) is 15.9 Å². The maximum Gasteiger partial charge on any atom is 0.261 e. The van der Waals surface area contributed by atoms with E-state index in [1.807, 2.05) is 12.1 Å². The maximum atomic E-state index is 13.0. The van der Waals surface area contributed by atoms with E-state index in [-0.39, 0.29) is 16.5 Å². The summed E-state index contributed by atoms with van der Waals surface area (Å²) in [5.74, 6) is -0.607. The van der Waals surface area contributed by atoms with Crippen LogP contribution in [0.15, 0.2) is 71.8 Å². The van der Waals surface area contributed by atoms with Crippen LogP contribution in [0.5, 0.6) is 0 Å². The third kappa shape index (κ3) is 4.57. The molecular formula is C23H20FN5O3S2. The van der Waals surface area contributed by atoms with Crippen LogP contribution in [0.25, 0.3) is 10.3 Å². The molecule has 0 atom stereocenters. The minimum absolute atomic E-state index is 0.0163. The number of halogens is 1. The van der Waals surface area contributed by atoms with Crippen molar-refractivity contribution in [3.8, 4) is 0 Å². The Bertz CT molecular complexity index is 1400. The van der Waals surface area contributed by atoms with Crippen LogP contribution in [-0.4, -0.2) is 55.4 Å². The predicted molar refractivity (Wildman–Crippen MR) is 129 cm³/mol. The van der Waals surface area contributed by atoms with Crippen molar-refractivity contribution < 1.29 is 17.6 Å². The molecule has 1 saturated heterocycles. The fourth-order valence-electron chi connectivity index (χ4n) is 3.69. The molecule has 5 rings (SSSR count). The van der Waals surface area contributed by atoms with Crippen molar-refractivity contribution in [2.45, 2.75) is 4.90 Å². The van der Waals surface area contributed by atoms with Crippen LogP contribution in [0.3, 0.4) is 0 Å². The van der Waals surface area contributed by atoms with E-state index in [2.05, 4.69) is 19.6 Å². The molecular weight excluding hydrogens is 477 g/mol. The van der Waals surface area contributed by atoms with E-state index in [4.69, 9.17) is 0 Å². The Hall–Kier alpha value is -3.57. The minimum atomic E-state index is -3.86. The van der Waals surface area contributed by atoms with Gasteiger partial charge in [0.1, 0.15) is 16.2 Å². The monoisotopic (exact) mass is 497 g/mol. The highest BCUT2D eigenvalue weighted by Crippen LogP contribution is 2.28. The minimum Gasteiger partial charge on any atom is -0.344 e. The number of amides is 1. The third-order valence-electron chi connectivity index (χ3n) is 5.50. The van der Waals surface area contributed by atoms with Crippen LogP contribution in [0.2, 0.25) is 0 Å². The molecule has 8 nitrogen and oxygen atoms in total. The number of carbonyl (C=O) groups is 1. The van der Waals surface area contributed by atoms with Crippen molar-refractivity contribution in [2.75, 3.05) is 35.8 Å². The summed E-state index contributed by atoms with van der Waals surface area (Å²) < 4.78 is 40.6. The SMILES string of the molecule is O=C(c1ccc(S(=O)(=O)Nc2ccc(F)cc2)cc1)N1CCN(c2nc3cccnc3s2)CC1. The van der Waals surface area contributed by atoms with Gasteiger partial charge < -0.3 is 9.80 Å². The number of aromatic nitrogens is 2. The molecule has 1 fully saturated rings. The smallest absolute Gasteiger partial charge is 0.261 e. The van der Waals surface area contributed by atoms with Gasteiger partial charge in [0, 0.05) is 43.6 Å². The van der Waals surface area contributed by atoms with E-state index in [0.717, 1.165) is 15.5 Å². The quantitative estimate of drug-likeness (QED) is 0.453. The van der Waals surface area contributed by atoms with E-state index in [1.165, 1.54) is 59.9 Å². The average molecular weight is 498 g/mol. The first-order valence-electron chi connectivity index (χ1n) is 10.5. The summed E-state index contributed by atoms with van der Waals surface area (Å²) >= 11 is 1.53. The van der Waals surface area contributed by atoms with Crippen molar-refractivity contribution in [3.05, 3.63) is 78.2 Å². The molecule has 3 heterocycles. The Labute approximate surface area is 199 Å². The molecule has 4 aromatic rings. The van der Waals surface area contributed by atoms with Crippen LogP contribution in [0, 0.1) is 5.82 Å². The second kappa shape index (κ2) is 8.99. The second-order valence-electron chi connectivity index (χ2n) is 7.74. The Morgan fingerprint density at radius 3 is 2.35 bits per heavy atom. The highest BCUT2D eigenvalue weighted by Gasteiger charge is 2.24. The number of hydrogen-bond donors (Lipinski definition) is 1. The van der Waals surface area contributed by atoms with E-state index in [1.54, 1.807) is 11.1 Å². The number of fused-ring (bicyclic) bond motifs is 1. The van der Waals surface area contributed by atoms with Gasteiger partial charge in [-0.05, 0) is 60.7 Å². The normalized spacial score (nSPS) is 14.4. The molecule has 34 heavy (non-hydrogen) atoms. The van der Waals surface area contributed by atoms with Crippen molar-refractivity contribution in [2.24, 2.45) is 0 Å². The molecule has 0 aliphatic carbocycles. The van der Waals surface area contributed by atoms with Crippen LogP contribution in [0.1, 0.15) is 10.4 Å². The molecule has 0 spiro atoms. The van der Waals surface area contributed by atoms with Gasteiger partial charge in [0.05, 0.1) is 4.90 Å². The number of pyridine rings is 1. The number of piperazine rings is 1. The Kier molecular flexibility index (Phi) is 5.88. The number of anilines is 2. The predicted octanol–water partition coefficient (Wildman–Crippen LogP) is 3.59. The standard InChI is InChI=1S/C23H20FN5O3S2/c24-17-5-7-18(8-6-17)27-34(31,32)19-9-3-16(4-10-19)22(30)28-12-14-29(15-13-28)23-26-20-2-1-11-25-21(20)33-23/h1-11,27H,12-15H2. The Morgan fingerprint density at radius 2 is 1.68 bits per heavy atom. The van der Waals surface area contributed by atoms with E-state index < -0.39 is 15.8 Å². The number of hydrogen-bond acceptors (Lipinski definition) is 7. The summed E-state index contributed by atoms with van der Waals surface area (Å²) in [6.07, 6.45) is 1.75. The summed E-state index contributed by atoms with van der Waals surface area (Å²) in [7, 11) is -3.86. The van der Waals surface area contributed by atoms with Gasteiger partial charge in [-0.15, -0.1) is 0 Å². The Balaban J connectivity index is 1.22. The molecule has 11 heteroatoms. The summed E-state index contributed by atoms with van der Waals surface area (Å²) in [6, 6.07) is 14.6. The number of rotatable bonds is 5. The van der Waals surface area contributed by atoms with Crippen LogP contribution >= 0.6 is 11.3 Å². The average Bonchev–Trinajstić information content (AvgIpc) is 3.29. The summed E-state index contributed by atoms with van der Waals surface area (Å²) in [5, 5.41) is 0.893. The van der Waals surface area contributed by atoms with E-state index in [0.29, 0.717) is 31.7 Å². The molecule has 1 amide bonds. The van der Waals surface area contributed by atoms with Crippen molar-refractivity contribution in [3.63, 3.8) is 0 Å². The maximum absolute atomic E-state index is 13.0. The molecule has 0 radical (unpaired) electrons. The molecule has 1 aliphatic rings. The van der Waals surface area contributed by atoms with Gasteiger partial charge in [-0.3, -0.25) is 9.52 Å². The lowest BCUT2D eigenvalue weighted by Gasteiger charge is -2.34. The first-order valence-corrected chi connectivity index (χ1v) is 12.8. The van der Waals surface area contributed by atoms with E-state index >= 15 is 0 Å². The van der Waals surface area contributed by atoms with Crippen LogP contribution < -0.4 is 9.62 Å². The summed E-state index contributed by atoms with van der Waals surface area (Å²) in [4.78, 5) is 26.7. The van der Waals surface area contributed by atoms with Crippen LogP contribution in [-0.2, 0) is 10.0 Å². The fraction of sp³-hybridized carbons (Fsp3) is 0.174. The number of nitrogens with one attached hydrogen (secondary N) is 1. The second-order valence-corrected chi connectivity index (χ2v) is 10.4. The van der Waals surface area contributed by atoms with Gasteiger partial charge in [-0.2, -0.15) is 0 Å². The lowest BCUT2D eigenvalue weighted by atomic mass is 10.2. The highest BCUT2D eigenvalue weighted by atomic mass is 32.2. The fourth-order valence-corrected chi connectivity index (χ4v) is 5.70. The molecule has 0 unspecified atom stereocenters. The van der Waals surface area contributed by atoms with Crippen molar-refractivity contribution >= 4 is 48.4 Å². The van der Waals surface area contributed by atoms with Gasteiger partial charge in [0.2, 0.25) is 0 Å². The molecule has 1 N–H and O–H groups in total. The van der Waals surface area contributed by atoms with Gasteiger partial charge in [-0.25, -0.2) is 22.8 Å². The number of sulfonamides is 1. The lowest BCUT2D eigenvalue weighted by Crippen LogP contribution is -2.48. The lowest BCUT2D eigenvalue weighted by molar-refractivity contribution is 0.0746. The van der Waals surface area contributed by atoms with Crippen molar-refractivity contribution in [1.29, 1.82) is 0 Å². The zero-order valence-electron chi connectivity index (χ0n) is 17.9. The number of thiazole rings is 1. The molecule has 0 bridgehead atoms. The first-order chi connectivity index (χ1) is 16.4. The Morgan fingerprint density at radius 1 is 0.971 bits per heavy atom. The number of nitrogens with zero attached hydrogens (tertiary/aromatic N) is 4. The van der Waals surface area contributed by atoms with Crippen molar-refractivity contribution in [1.82, 2.24) is 14.9 Å².